The molecule has 1 unspecified atom stereocenters. The fourth-order valence-electron chi connectivity index (χ4n) is 3.69. The number of nitrogens with one attached hydrogen (secondary N) is 1. The van der Waals surface area contributed by atoms with Crippen LogP contribution >= 0.6 is 12.4 Å². The Labute approximate surface area is 148 Å². The molecule has 1 aromatic rings. The minimum atomic E-state index is -0.00780. The number of halogens is 1. The SMILES string of the molecule is COc1ccc(C(=O)N2CCC3(CCNC3)C2)c(OC)c1OC.Cl. The van der Waals surface area contributed by atoms with E-state index in [0.717, 1.165) is 39.0 Å². The van der Waals surface area contributed by atoms with Gasteiger partial charge in [-0.25, -0.2) is 0 Å². The van der Waals surface area contributed by atoms with Gasteiger partial charge in [-0.3, -0.25) is 4.79 Å². The van der Waals surface area contributed by atoms with E-state index in [1.54, 1.807) is 33.5 Å². The summed E-state index contributed by atoms with van der Waals surface area (Å²) < 4.78 is 16.1. The molecule has 134 valence electrons. The zero-order chi connectivity index (χ0) is 16.4. The van der Waals surface area contributed by atoms with Crippen LogP contribution in [0.1, 0.15) is 23.2 Å². The summed E-state index contributed by atoms with van der Waals surface area (Å²) in [6, 6.07) is 3.50. The summed E-state index contributed by atoms with van der Waals surface area (Å²) in [4.78, 5) is 14.9. The molecule has 2 heterocycles. The number of ether oxygens (including phenoxy) is 3. The van der Waals surface area contributed by atoms with Crippen LogP contribution < -0.4 is 19.5 Å². The van der Waals surface area contributed by atoms with Crippen molar-refractivity contribution in [2.75, 3.05) is 47.5 Å². The van der Waals surface area contributed by atoms with Crippen LogP contribution in [0.5, 0.6) is 17.2 Å². The third-order valence-electron chi connectivity index (χ3n) is 4.99. The molecule has 0 aromatic heterocycles. The molecule has 24 heavy (non-hydrogen) atoms. The first-order chi connectivity index (χ1) is 11.1. The number of nitrogens with zero attached hydrogens (tertiary/aromatic N) is 1. The Bertz CT molecular complexity index is 602. The number of rotatable bonds is 4. The second-order valence-corrected chi connectivity index (χ2v) is 6.29. The van der Waals surface area contributed by atoms with Crippen molar-refractivity contribution in [3.8, 4) is 17.2 Å². The minimum absolute atomic E-state index is 0. The maximum Gasteiger partial charge on any atom is 0.257 e. The number of amides is 1. The number of carbonyl (C=O) groups excluding carboxylic acids is 1. The van der Waals surface area contributed by atoms with Gasteiger partial charge in [-0.05, 0) is 31.5 Å². The van der Waals surface area contributed by atoms with Gasteiger partial charge >= 0.3 is 0 Å². The van der Waals surface area contributed by atoms with Gasteiger partial charge in [0.25, 0.3) is 5.91 Å². The number of hydrogen-bond acceptors (Lipinski definition) is 5. The molecule has 0 bridgehead atoms. The number of benzene rings is 1. The Morgan fingerprint density at radius 1 is 1.12 bits per heavy atom. The number of carbonyl (C=O) groups is 1. The van der Waals surface area contributed by atoms with Crippen molar-refractivity contribution in [1.29, 1.82) is 0 Å². The van der Waals surface area contributed by atoms with Crippen LogP contribution in [0.2, 0.25) is 0 Å². The molecule has 2 aliphatic rings. The quantitative estimate of drug-likeness (QED) is 0.893. The van der Waals surface area contributed by atoms with Crippen molar-refractivity contribution in [3.63, 3.8) is 0 Å². The van der Waals surface area contributed by atoms with Crippen molar-refractivity contribution in [2.45, 2.75) is 12.8 Å². The molecule has 1 aromatic carbocycles. The number of likely N-dealkylation sites (tertiary alicyclic amines) is 1. The predicted molar refractivity (Wildman–Crippen MR) is 93.8 cm³/mol. The molecule has 2 fully saturated rings. The first-order valence-corrected chi connectivity index (χ1v) is 7.93. The maximum absolute atomic E-state index is 13.0. The molecule has 1 atom stereocenters. The normalized spacial score (nSPS) is 22.4. The van der Waals surface area contributed by atoms with Gasteiger partial charge in [0, 0.05) is 25.0 Å². The smallest absolute Gasteiger partial charge is 0.257 e. The third kappa shape index (κ3) is 3.13. The molecule has 2 saturated heterocycles. The van der Waals surface area contributed by atoms with E-state index in [1.807, 2.05) is 4.90 Å². The van der Waals surface area contributed by atoms with E-state index < -0.39 is 0 Å². The highest BCUT2D eigenvalue weighted by Gasteiger charge is 2.42. The summed E-state index contributed by atoms with van der Waals surface area (Å²) in [5, 5.41) is 3.41. The average Bonchev–Trinajstić information content (AvgIpc) is 3.22. The highest BCUT2D eigenvalue weighted by molar-refractivity contribution is 5.98. The van der Waals surface area contributed by atoms with Gasteiger partial charge in [0.05, 0.1) is 26.9 Å². The van der Waals surface area contributed by atoms with Crippen LogP contribution in [-0.2, 0) is 0 Å². The second-order valence-electron chi connectivity index (χ2n) is 6.29. The summed E-state index contributed by atoms with van der Waals surface area (Å²) in [5.74, 6) is 1.44. The highest BCUT2D eigenvalue weighted by atomic mass is 35.5. The van der Waals surface area contributed by atoms with E-state index in [9.17, 15) is 4.79 Å². The lowest BCUT2D eigenvalue weighted by Crippen LogP contribution is -2.33. The average molecular weight is 357 g/mol. The largest absolute Gasteiger partial charge is 0.493 e. The van der Waals surface area contributed by atoms with Gasteiger partial charge in [0.2, 0.25) is 5.75 Å². The van der Waals surface area contributed by atoms with Crippen LogP contribution in [0, 0.1) is 5.41 Å². The Morgan fingerprint density at radius 2 is 1.88 bits per heavy atom. The minimum Gasteiger partial charge on any atom is -0.493 e. The van der Waals surface area contributed by atoms with Gasteiger partial charge < -0.3 is 24.4 Å². The van der Waals surface area contributed by atoms with Crippen LogP contribution in [0.15, 0.2) is 12.1 Å². The zero-order valence-electron chi connectivity index (χ0n) is 14.4. The summed E-state index contributed by atoms with van der Waals surface area (Å²) >= 11 is 0. The van der Waals surface area contributed by atoms with Crippen molar-refractivity contribution >= 4 is 18.3 Å². The van der Waals surface area contributed by atoms with Crippen LogP contribution in [0.25, 0.3) is 0 Å². The van der Waals surface area contributed by atoms with E-state index >= 15 is 0 Å². The Kier molecular flexibility index (Phi) is 5.83. The molecule has 1 spiro atoms. The lowest BCUT2D eigenvalue weighted by atomic mass is 9.86. The first-order valence-electron chi connectivity index (χ1n) is 7.93. The summed E-state index contributed by atoms with van der Waals surface area (Å²) in [5.41, 5.74) is 0.771. The van der Waals surface area contributed by atoms with Crippen LogP contribution in [0.4, 0.5) is 0 Å². The van der Waals surface area contributed by atoms with Gasteiger partial charge in [-0.15, -0.1) is 12.4 Å². The van der Waals surface area contributed by atoms with Crippen molar-refractivity contribution in [1.82, 2.24) is 10.2 Å². The van der Waals surface area contributed by atoms with Crippen molar-refractivity contribution in [3.05, 3.63) is 17.7 Å². The fourth-order valence-corrected chi connectivity index (χ4v) is 3.69. The highest BCUT2D eigenvalue weighted by Crippen LogP contribution is 2.42. The number of methoxy groups -OCH3 is 3. The third-order valence-corrected chi connectivity index (χ3v) is 4.99. The van der Waals surface area contributed by atoms with Crippen LogP contribution in [-0.4, -0.2) is 58.3 Å². The molecule has 7 heteroatoms. The monoisotopic (exact) mass is 356 g/mol. The Hall–Kier alpha value is -1.66. The van der Waals surface area contributed by atoms with Crippen molar-refractivity contribution in [2.24, 2.45) is 5.41 Å². The van der Waals surface area contributed by atoms with Gasteiger partial charge in [0.1, 0.15) is 0 Å². The molecule has 0 saturated carbocycles. The van der Waals surface area contributed by atoms with E-state index in [-0.39, 0.29) is 23.7 Å². The molecule has 6 nitrogen and oxygen atoms in total. The molecular formula is C17H25ClN2O4. The lowest BCUT2D eigenvalue weighted by Gasteiger charge is -2.24. The Balaban J connectivity index is 0.00000208. The zero-order valence-corrected chi connectivity index (χ0v) is 15.2. The van der Waals surface area contributed by atoms with E-state index in [1.165, 1.54) is 0 Å². The molecule has 2 aliphatic heterocycles. The summed E-state index contributed by atoms with van der Waals surface area (Å²) in [7, 11) is 4.65. The second kappa shape index (κ2) is 7.49. The predicted octanol–water partition coefficient (Wildman–Crippen LogP) is 1.96. The molecule has 1 amide bonds. The van der Waals surface area contributed by atoms with Crippen molar-refractivity contribution < 1.29 is 19.0 Å². The molecule has 0 radical (unpaired) electrons. The van der Waals surface area contributed by atoms with E-state index in [2.05, 4.69) is 5.32 Å². The summed E-state index contributed by atoms with van der Waals surface area (Å²) in [6.07, 6.45) is 2.20. The Morgan fingerprint density at radius 3 is 2.46 bits per heavy atom. The maximum atomic E-state index is 13.0. The lowest BCUT2D eigenvalue weighted by molar-refractivity contribution is 0.0771. The summed E-state index contributed by atoms with van der Waals surface area (Å²) in [6.45, 7) is 3.63. The standard InChI is InChI=1S/C17H24N2O4.ClH/c1-21-13-5-4-12(14(22-2)15(13)23-3)16(20)19-9-7-17(11-19)6-8-18-10-17;/h4-5,18H,6-11H2,1-3H3;1H. The van der Waals surface area contributed by atoms with Gasteiger partial charge in [0.15, 0.2) is 11.5 Å². The fraction of sp³-hybridized carbons (Fsp3) is 0.588. The van der Waals surface area contributed by atoms with E-state index in [0.29, 0.717) is 22.8 Å². The van der Waals surface area contributed by atoms with Gasteiger partial charge in [-0.2, -0.15) is 0 Å². The molecular weight excluding hydrogens is 332 g/mol. The van der Waals surface area contributed by atoms with Gasteiger partial charge in [-0.1, -0.05) is 0 Å². The molecule has 1 N–H and O–H groups in total. The van der Waals surface area contributed by atoms with Crippen LogP contribution in [0.3, 0.4) is 0 Å². The number of hydrogen-bond donors (Lipinski definition) is 1. The molecule has 0 aliphatic carbocycles. The van der Waals surface area contributed by atoms with E-state index in [4.69, 9.17) is 14.2 Å². The molecule has 3 rings (SSSR count). The topological polar surface area (TPSA) is 60.0 Å². The first kappa shape index (κ1) is 18.7.